The van der Waals surface area contributed by atoms with Crippen LogP contribution in [0.5, 0.6) is 0 Å². The lowest BCUT2D eigenvalue weighted by Crippen LogP contribution is -2.11. The summed E-state index contributed by atoms with van der Waals surface area (Å²) in [4.78, 5) is 35.9. The number of rotatable bonds is 7. The Balaban J connectivity index is 2.66. The average Bonchev–Trinajstić information content (AvgIpc) is 2.42. The van der Waals surface area contributed by atoms with Gasteiger partial charge in [-0.2, -0.15) is 0 Å². The average molecular weight is 263 g/mol. The molecule has 0 atom stereocenters. The van der Waals surface area contributed by atoms with Gasteiger partial charge in [0.2, 0.25) is 5.90 Å². The van der Waals surface area contributed by atoms with Gasteiger partial charge < -0.3 is 9.84 Å². The summed E-state index contributed by atoms with van der Waals surface area (Å²) >= 11 is 0. The summed E-state index contributed by atoms with van der Waals surface area (Å²) in [5.41, 5.74) is 0.570. The second kappa shape index (κ2) is 7.75. The van der Waals surface area contributed by atoms with Crippen LogP contribution in [0, 0.1) is 0 Å². The molecule has 1 aromatic rings. The summed E-state index contributed by atoms with van der Waals surface area (Å²) in [6, 6.07) is 8.64. The van der Waals surface area contributed by atoms with Crippen LogP contribution < -0.4 is 0 Å². The SMILES string of the molecule is O=COC(=NCC(=O)CCC(=O)O)c1ccccc1. The number of hydrogen-bond donors (Lipinski definition) is 1. The molecule has 0 heterocycles. The molecule has 19 heavy (non-hydrogen) atoms. The quantitative estimate of drug-likeness (QED) is 0.450. The van der Waals surface area contributed by atoms with E-state index in [4.69, 9.17) is 9.84 Å². The van der Waals surface area contributed by atoms with Crippen LogP contribution >= 0.6 is 0 Å². The highest BCUT2D eigenvalue weighted by atomic mass is 16.5. The van der Waals surface area contributed by atoms with E-state index in [-0.39, 0.29) is 37.5 Å². The minimum absolute atomic E-state index is 0.0410. The number of carboxylic acids is 1. The second-order valence-electron chi connectivity index (χ2n) is 3.63. The number of benzene rings is 1. The number of aliphatic carboxylic acids is 1. The van der Waals surface area contributed by atoms with Gasteiger partial charge in [-0.15, -0.1) is 0 Å². The van der Waals surface area contributed by atoms with Gasteiger partial charge >= 0.3 is 5.97 Å². The predicted octanol–water partition coefficient (Wildman–Crippen LogP) is 1.04. The molecule has 0 amide bonds. The molecular weight excluding hydrogens is 250 g/mol. The van der Waals surface area contributed by atoms with Gasteiger partial charge in [-0.3, -0.25) is 14.4 Å². The fraction of sp³-hybridized carbons (Fsp3) is 0.231. The van der Waals surface area contributed by atoms with Crippen LogP contribution in [0.15, 0.2) is 35.3 Å². The Labute approximate surface area is 109 Å². The van der Waals surface area contributed by atoms with Gasteiger partial charge in [-0.1, -0.05) is 18.2 Å². The lowest BCUT2D eigenvalue weighted by molar-refractivity contribution is -0.138. The molecular formula is C13H13NO5. The number of Topliss-reactive ketones (excluding diaryl/α,β-unsaturated/α-hetero) is 1. The summed E-state index contributed by atoms with van der Waals surface area (Å²) in [5, 5.41) is 8.44. The summed E-state index contributed by atoms with van der Waals surface area (Å²) < 4.78 is 4.70. The van der Waals surface area contributed by atoms with E-state index in [9.17, 15) is 14.4 Å². The van der Waals surface area contributed by atoms with E-state index in [0.29, 0.717) is 5.56 Å². The van der Waals surface area contributed by atoms with Crippen molar-refractivity contribution in [1.82, 2.24) is 0 Å². The van der Waals surface area contributed by atoms with Crippen LogP contribution in [0.4, 0.5) is 0 Å². The molecule has 1 aromatic carbocycles. The fourth-order valence-electron chi connectivity index (χ4n) is 1.31. The molecule has 0 radical (unpaired) electrons. The van der Waals surface area contributed by atoms with Gasteiger partial charge in [-0.25, -0.2) is 4.99 Å². The molecule has 0 bridgehead atoms. The third-order valence-electron chi connectivity index (χ3n) is 2.20. The largest absolute Gasteiger partial charge is 0.481 e. The van der Waals surface area contributed by atoms with Crippen molar-refractivity contribution in [2.24, 2.45) is 4.99 Å². The number of carboxylic acid groups (broad SMARTS) is 1. The number of nitrogens with zero attached hydrogens (tertiary/aromatic N) is 1. The number of ether oxygens (including phenoxy) is 1. The zero-order valence-corrected chi connectivity index (χ0v) is 10.1. The molecule has 0 aliphatic carbocycles. The van der Waals surface area contributed by atoms with Gasteiger partial charge in [0.05, 0.1) is 6.42 Å². The minimum Gasteiger partial charge on any atom is -0.481 e. The second-order valence-corrected chi connectivity index (χ2v) is 3.63. The van der Waals surface area contributed by atoms with Crippen molar-refractivity contribution in [2.45, 2.75) is 12.8 Å². The molecule has 0 aliphatic heterocycles. The Morgan fingerprint density at radius 2 is 1.89 bits per heavy atom. The molecule has 0 fully saturated rings. The molecule has 100 valence electrons. The Kier molecular flexibility index (Phi) is 5.94. The Bertz CT molecular complexity index is 481. The van der Waals surface area contributed by atoms with Crippen molar-refractivity contribution in [3.63, 3.8) is 0 Å². The molecule has 1 N–H and O–H groups in total. The van der Waals surface area contributed by atoms with E-state index in [2.05, 4.69) is 4.99 Å². The van der Waals surface area contributed by atoms with Gasteiger partial charge in [0.25, 0.3) is 6.47 Å². The highest BCUT2D eigenvalue weighted by Crippen LogP contribution is 2.03. The molecule has 0 spiro atoms. The minimum atomic E-state index is -1.04. The van der Waals surface area contributed by atoms with E-state index >= 15 is 0 Å². The maximum absolute atomic E-state index is 11.4. The van der Waals surface area contributed by atoms with Gasteiger partial charge in [0, 0.05) is 12.0 Å². The monoisotopic (exact) mass is 263 g/mol. The van der Waals surface area contributed by atoms with Crippen LogP contribution in [-0.2, 0) is 19.1 Å². The summed E-state index contributed by atoms with van der Waals surface area (Å²) in [6.07, 6.45) is -0.328. The molecule has 0 unspecified atom stereocenters. The van der Waals surface area contributed by atoms with Crippen LogP contribution in [0.3, 0.4) is 0 Å². The number of ketones is 1. The zero-order chi connectivity index (χ0) is 14.1. The van der Waals surface area contributed by atoms with Crippen LogP contribution in [0.25, 0.3) is 0 Å². The Morgan fingerprint density at radius 3 is 2.47 bits per heavy atom. The molecule has 0 saturated heterocycles. The topological polar surface area (TPSA) is 93.0 Å². The first kappa shape index (κ1) is 14.6. The maximum atomic E-state index is 11.4. The molecule has 6 heteroatoms. The highest BCUT2D eigenvalue weighted by Gasteiger charge is 2.08. The summed E-state index contributed by atoms with van der Waals surface area (Å²) in [7, 11) is 0. The zero-order valence-electron chi connectivity index (χ0n) is 10.1. The first-order valence-electron chi connectivity index (χ1n) is 5.57. The smallest absolute Gasteiger partial charge is 0.303 e. The third kappa shape index (κ3) is 5.58. The number of hydrogen-bond acceptors (Lipinski definition) is 5. The number of aliphatic imine (C=N–C) groups is 1. The first-order valence-corrected chi connectivity index (χ1v) is 5.57. The highest BCUT2D eigenvalue weighted by molar-refractivity contribution is 5.98. The van der Waals surface area contributed by atoms with E-state index < -0.39 is 5.97 Å². The number of carbonyl (C=O) groups is 3. The predicted molar refractivity (Wildman–Crippen MR) is 66.9 cm³/mol. The van der Waals surface area contributed by atoms with Crippen molar-refractivity contribution in [3.05, 3.63) is 35.9 Å². The molecule has 0 aliphatic rings. The normalized spacial score (nSPS) is 10.8. The van der Waals surface area contributed by atoms with E-state index in [1.165, 1.54) is 0 Å². The van der Waals surface area contributed by atoms with Crippen LogP contribution in [0.1, 0.15) is 18.4 Å². The van der Waals surface area contributed by atoms with E-state index in [1.54, 1.807) is 30.3 Å². The summed E-state index contributed by atoms with van der Waals surface area (Å²) in [5.74, 6) is -1.32. The van der Waals surface area contributed by atoms with E-state index in [0.717, 1.165) is 0 Å². The molecule has 0 saturated carbocycles. The Morgan fingerprint density at radius 1 is 1.21 bits per heavy atom. The Hall–Kier alpha value is -2.50. The molecule has 1 rings (SSSR count). The van der Waals surface area contributed by atoms with Crippen LogP contribution in [0.2, 0.25) is 0 Å². The van der Waals surface area contributed by atoms with Crippen molar-refractivity contribution < 1.29 is 24.2 Å². The summed E-state index contributed by atoms with van der Waals surface area (Å²) in [6.45, 7) is 0.0128. The fourth-order valence-corrected chi connectivity index (χ4v) is 1.31. The standard InChI is InChI=1S/C13H13NO5/c15-9-19-13(10-4-2-1-3-5-10)14-8-11(16)6-7-12(17)18/h1-5,9H,6-8H2,(H,17,18). The number of carbonyl (C=O) groups excluding carboxylic acids is 2. The maximum Gasteiger partial charge on any atom is 0.303 e. The van der Waals surface area contributed by atoms with Gasteiger partial charge in [0.15, 0.2) is 5.78 Å². The first-order chi connectivity index (χ1) is 9.13. The third-order valence-corrected chi connectivity index (χ3v) is 2.20. The van der Waals surface area contributed by atoms with E-state index in [1.807, 2.05) is 0 Å². The lowest BCUT2D eigenvalue weighted by Gasteiger charge is -2.03. The molecule has 6 nitrogen and oxygen atoms in total. The van der Waals surface area contributed by atoms with Crippen molar-refractivity contribution in [3.8, 4) is 0 Å². The van der Waals surface area contributed by atoms with Crippen molar-refractivity contribution in [1.29, 1.82) is 0 Å². The van der Waals surface area contributed by atoms with Crippen molar-refractivity contribution >= 4 is 24.1 Å². The molecule has 0 aromatic heterocycles. The van der Waals surface area contributed by atoms with Crippen LogP contribution in [-0.4, -0.2) is 35.8 Å². The van der Waals surface area contributed by atoms with Crippen molar-refractivity contribution in [2.75, 3.05) is 6.54 Å². The van der Waals surface area contributed by atoms with Gasteiger partial charge in [-0.05, 0) is 12.1 Å². The lowest BCUT2D eigenvalue weighted by atomic mass is 10.2. The van der Waals surface area contributed by atoms with Gasteiger partial charge in [0.1, 0.15) is 6.54 Å².